The lowest BCUT2D eigenvalue weighted by Crippen LogP contribution is -2.41. The van der Waals surface area contributed by atoms with Gasteiger partial charge < -0.3 is 0 Å². The molecule has 4 amide bonds. The molecule has 0 spiro atoms. The van der Waals surface area contributed by atoms with Gasteiger partial charge in [-0.1, -0.05) is 48.5 Å². The van der Waals surface area contributed by atoms with Crippen LogP contribution in [0, 0.1) is 0 Å². The van der Waals surface area contributed by atoms with Crippen LogP contribution in [0.2, 0.25) is 0 Å². The van der Waals surface area contributed by atoms with Crippen LogP contribution in [0.15, 0.2) is 107 Å². The number of nitrogens with zero attached hydrogens (tertiary/aromatic N) is 2. The largest absolute Gasteiger partial charge is 0.296 e. The molecule has 0 radical (unpaired) electrons. The van der Waals surface area contributed by atoms with Crippen LogP contribution in [0.4, 0.5) is 11.4 Å². The second-order valence-corrected chi connectivity index (χ2v) is 14.7. The summed E-state index contributed by atoms with van der Waals surface area (Å²) in [5.41, 5.74) is -0.0981. The lowest BCUT2D eigenvalue weighted by atomic mass is 9.82. The summed E-state index contributed by atoms with van der Waals surface area (Å²) >= 11 is 0. The summed E-state index contributed by atoms with van der Waals surface area (Å²) in [4.78, 5) is 56.2. The van der Waals surface area contributed by atoms with E-state index < -0.39 is 53.7 Å². The number of carbonyl (C=O) groups excluding carboxylic acids is 4. The van der Waals surface area contributed by atoms with Gasteiger partial charge in [0.1, 0.15) is 9.79 Å². The SMILES string of the molecule is O=C1c2ccc3c4ccc5c6c(ccc(c7ccc(c2c37)C(=O)N1c1ccccc1S(=O)(=O)O)c64)C(=O)N(c1ccccc1S(=O)(=O)O)C5=O. The van der Waals surface area contributed by atoms with Gasteiger partial charge in [-0.2, -0.15) is 16.8 Å². The Morgan fingerprint density at radius 1 is 0.380 bits per heavy atom. The van der Waals surface area contributed by atoms with E-state index in [-0.39, 0.29) is 33.6 Å². The number of hydrogen-bond donors (Lipinski definition) is 2. The van der Waals surface area contributed by atoms with Crippen molar-refractivity contribution in [3.8, 4) is 0 Å². The smallest absolute Gasteiger partial charge is 0.282 e. The van der Waals surface area contributed by atoms with Crippen molar-refractivity contribution in [2.45, 2.75) is 9.79 Å². The molecule has 50 heavy (non-hydrogen) atoms. The summed E-state index contributed by atoms with van der Waals surface area (Å²) < 4.78 is 68.4. The van der Waals surface area contributed by atoms with Crippen molar-refractivity contribution in [3.05, 3.63) is 119 Å². The van der Waals surface area contributed by atoms with Crippen molar-refractivity contribution in [1.29, 1.82) is 0 Å². The van der Waals surface area contributed by atoms with E-state index in [2.05, 4.69) is 0 Å². The van der Waals surface area contributed by atoms with E-state index in [0.717, 1.165) is 21.9 Å². The third kappa shape index (κ3) is 3.80. The van der Waals surface area contributed by atoms with Crippen LogP contribution < -0.4 is 9.80 Å². The summed E-state index contributed by atoms with van der Waals surface area (Å²) in [6.45, 7) is 0. The highest BCUT2D eigenvalue weighted by atomic mass is 32.2. The number of rotatable bonds is 4. The summed E-state index contributed by atoms with van der Waals surface area (Å²) in [6.07, 6.45) is 0. The number of amides is 4. The average Bonchev–Trinajstić information content (AvgIpc) is 3.08. The molecule has 244 valence electrons. The molecular formula is C36H18N2O10S2. The van der Waals surface area contributed by atoms with Gasteiger partial charge in [-0.15, -0.1) is 0 Å². The monoisotopic (exact) mass is 702 g/mol. The molecule has 7 aromatic rings. The molecule has 7 aromatic carbocycles. The first-order valence-electron chi connectivity index (χ1n) is 14.9. The van der Waals surface area contributed by atoms with Gasteiger partial charge in [-0.25, -0.2) is 9.80 Å². The molecule has 12 nitrogen and oxygen atoms in total. The van der Waals surface area contributed by atoms with Gasteiger partial charge >= 0.3 is 0 Å². The second kappa shape index (κ2) is 9.77. The third-order valence-corrected chi connectivity index (χ3v) is 11.2. The first-order chi connectivity index (χ1) is 23.8. The molecule has 2 aliphatic heterocycles. The van der Waals surface area contributed by atoms with Crippen molar-refractivity contribution >= 4 is 98.3 Å². The number of para-hydroxylation sites is 2. The van der Waals surface area contributed by atoms with Crippen LogP contribution in [0.1, 0.15) is 41.4 Å². The van der Waals surface area contributed by atoms with Crippen LogP contribution in [-0.4, -0.2) is 49.6 Å². The average molecular weight is 703 g/mol. The van der Waals surface area contributed by atoms with Crippen molar-refractivity contribution in [2.24, 2.45) is 0 Å². The predicted octanol–water partition coefficient (Wildman–Crippen LogP) is 5.83. The van der Waals surface area contributed by atoms with E-state index in [9.17, 15) is 45.1 Å². The van der Waals surface area contributed by atoms with Crippen LogP contribution in [-0.2, 0) is 20.2 Å². The molecule has 2 N–H and O–H groups in total. The van der Waals surface area contributed by atoms with Crippen LogP contribution in [0.25, 0.3) is 43.1 Å². The molecule has 2 aliphatic rings. The molecule has 0 saturated carbocycles. The van der Waals surface area contributed by atoms with E-state index in [0.29, 0.717) is 43.1 Å². The van der Waals surface area contributed by atoms with Crippen molar-refractivity contribution in [1.82, 2.24) is 0 Å². The van der Waals surface area contributed by atoms with Gasteiger partial charge in [0.25, 0.3) is 43.9 Å². The lowest BCUT2D eigenvalue weighted by Gasteiger charge is -2.30. The van der Waals surface area contributed by atoms with Crippen LogP contribution >= 0.6 is 0 Å². The van der Waals surface area contributed by atoms with Gasteiger partial charge in [0.2, 0.25) is 0 Å². The number of fused-ring (bicyclic) bond motifs is 2. The normalized spacial score (nSPS) is 15.0. The highest BCUT2D eigenvalue weighted by Gasteiger charge is 2.40. The lowest BCUT2D eigenvalue weighted by molar-refractivity contribution is 0.0877. The molecule has 0 unspecified atom stereocenters. The van der Waals surface area contributed by atoms with Gasteiger partial charge in [-0.3, -0.25) is 28.3 Å². The molecule has 0 atom stereocenters. The fraction of sp³-hybridized carbons (Fsp3) is 0. The Bertz CT molecular complexity index is 2700. The van der Waals surface area contributed by atoms with E-state index in [1.807, 2.05) is 0 Å². The van der Waals surface area contributed by atoms with E-state index in [1.165, 1.54) is 60.7 Å². The molecule has 9 rings (SSSR count). The summed E-state index contributed by atoms with van der Waals surface area (Å²) in [7, 11) is -9.60. The maximum absolute atomic E-state index is 14.0. The fourth-order valence-electron chi connectivity index (χ4n) is 7.43. The zero-order valence-electron chi connectivity index (χ0n) is 25.1. The molecule has 14 heteroatoms. The van der Waals surface area contributed by atoms with E-state index in [1.54, 1.807) is 24.3 Å². The van der Waals surface area contributed by atoms with Crippen LogP contribution in [0.3, 0.4) is 0 Å². The summed E-state index contributed by atoms with van der Waals surface area (Å²) in [5.74, 6) is -3.17. The molecule has 0 bridgehead atoms. The Balaban J connectivity index is 1.29. The zero-order chi connectivity index (χ0) is 35.0. The zero-order valence-corrected chi connectivity index (χ0v) is 26.7. The maximum Gasteiger partial charge on any atom is 0.296 e. The first-order valence-corrected chi connectivity index (χ1v) is 17.8. The fourth-order valence-corrected chi connectivity index (χ4v) is 8.77. The summed E-state index contributed by atoms with van der Waals surface area (Å²) in [5, 5.41) is 4.27. The number of imide groups is 2. The minimum absolute atomic E-state index is 0.123. The number of carbonyl (C=O) groups is 4. The molecule has 2 heterocycles. The van der Waals surface area contributed by atoms with Gasteiger partial charge in [0, 0.05) is 33.0 Å². The maximum atomic E-state index is 14.0. The number of hydrogen-bond acceptors (Lipinski definition) is 8. The molecule has 0 fully saturated rings. The van der Waals surface area contributed by atoms with Gasteiger partial charge in [0.05, 0.1) is 11.4 Å². The highest BCUT2D eigenvalue weighted by molar-refractivity contribution is 7.86. The Morgan fingerprint density at radius 2 is 0.660 bits per heavy atom. The molecule has 0 aromatic heterocycles. The molecule has 0 saturated heterocycles. The Hall–Kier alpha value is -6.06. The van der Waals surface area contributed by atoms with Crippen LogP contribution in [0.5, 0.6) is 0 Å². The van der Waals surface area contributed by atoms with Crippen molar-refractivity contribution < 1.29 is 45.1 Å². The molecule has 0 aliphatic carbocycles. The van der Waals surface area contributed by atoms with Gasteiger partial charge in [0.15, 0.2) is 0 Å². The van der Waals surface area contributed by atoms with Crippen molar-refractivity contribution in [2.75, 3.05) is 9.80 Å². The molecular weight excluding hydrogens is 685 g/mol. The quantitative estimate of drug-likeness (QED) is 0.0979. The minimum atomic E-state index is -4.80. The van der Waals surface area contributed by atoms with Crippen molar-refractivity contribution in [3.63, 3.8) is 0 Å². The Labute approximate surface area is 281 Å². The first kappa shape index (κ1) is 30.0. The predicted molar refractivity (Wildman–Crippen MR) is 182 cm³/mol. The number of anilines is 2. The summed E-state index contributed by atoms with van der Waals surface area (Å²) in [6, 6.07) is 23.1. The van der Waals surface area contributed by atoms with E-state index in [4.69, 9.17) is 0 Å². The van der Waals surface area contributed by atoms with E-state index >= 15 is 0 Å². The van der Waals surface area contributed by atoms with Gasteiger partial charge in [-0.05, 0) is 80.8 Å². The topological polar surface area (TPSA) is 184 Å². The standard InChI is InChI=1S/C36H18N2O10S2/c39-33-21-13-9-17-19-11-15-23-32-24(36(42)38(35(23)41)26-6-2-4-8-28(26)50(46,47)48)16-12-20(30(19)32)18-10-14-22(31(21)29(17)18)34(40)37(33)25-5-1-3-7-27(25)49(43,44)45/h1-16H,(H,43,44,45)(H,46,47,48). The second-order valence-electron chi connectivity index (χ2n) is 11.9. The Morgan fingerprint density at radius 3 is 0.940 bits per heavy atom. The third-order valence-electron chi connectivity index (χ3n) is 9.40. The Kier molecular flexibility index (Phi) is 5.87. The number of benzene rings is 7. The minimum Gasteiger partial charge on any atom is -0.282 e. The highest BCUT2D eigenvalue weighted by Crippen LogP contribution is 2.47.